The van der Waals surface area contributed by atoms with Gasteiger partial charge in [0.15, 0.2) is 0 Å². The minimum absolute atomic E-state index is 0.0138. The predicted molar refractivity (Wildman–Crippen MR) is 76.2 cm³/mol. The molecule has 1 aliphatic rings. The Hall–Kier alpha value is -0.570. The van der Waals surface area contributed by atoms with Crippen molar-refractivity contribution in [1.82, 2.24) is 5.32 Å². The Balaban J connectivity index is 2.54. The molecule has 0 aromatic carbocycles. The Labute approximate surface area is 112 Å². The van der Waals surface area contributed by atoms with Crippen molar-refractivity contribution in [1.29, 1.82) is 0 Å². The van der Waals surface area contributed by atoms with E-state index in [1.165, 1.54) is 32.1 Å². The highest BCUT2D eigenvalue weighted by Gasteiger charge is 2.30. The molecule has 3 heteroatoms. The highest BCUT2D eigenvalue weighted by Crippen LogP contribution is 2.28. The summed E-state index contributed by atoms with van der Waals surface area (Å²) in [5.41, 5.74) is 5.84. The second-order valence-electron chi connectivity index (χ2n) is 6.77. The molecule has 0 bridgehead atoms. The van der Waals surface area contributed by atoms with Crippen LogP contribution in [0.15, 0.2) is 0 Å². The Kier molecular flexibility index (Phi) is 5.64. The average molecular weight is 254 g/mol. The van der Waals surface area contributed by atoms with E-state index in [4.69, 9.17) is 5.73 Å². The zero-order chi connectivity index (χ0) is 13.8. The lowest BCUT2D eigenvalue weighted by Crippen LogP contribution is -2.52. The summed E-state index contributed by atoms with van der Waals surface area (Å²) in [6.45, 7) is 8.19. The highest BCUT2D eigenvalue weighted by atomic mass is 16.2. The van der Waals surface area contributed by atoms with E-state index in [1.807, 2.05) is 20.8 Å². The number of hydrogen-bond acceptors (Lipinski definition) is 2. The van der Waals surface area contributed by atoms with Gasteiger partial charge in [0.2, 0.25) is 5.91 Å². The summed E-state index contributed by atoms with van der Waals surface area (Å²) in [6.07, 6.45) is 7.48. The Morgan fingerprint density at radius 1 is 1.28 bits per heavy atom. The molecule has 18 heavy (non-hydrogen) atoms. The van der Waals surface area contributed by atoms with Crippen LogP contribution >= 0.6 is 0 Å². The van der Waals surface area contributed by atoms with Crippen LogP contribution in [0, 0.1) is 11.3 Å². The van der Waals surface area contributed by atoms with Gasteiger partial charge in [0.1, 0.15) is 0 Å². The number of nitrogens with one attached hydrogen (secondary N) is 1. The van der Waals surface area contributed by atoms with Crippen molar-refractivity contribution in [3.63, 3.8) is 0 Å². The first kappa shape index (κ1) is 15.5. The van der Waals surface area contributed by atoms with Crippen LogP contribution in [0.4, 0.5) is 0 Å². The second kappa shape index (κ2) is 6.55. The maximum Gasteiger partial charge on any atom is 0.237 e. The number of amides is 1. The van der Waals surface area contributed by atoms with Crippen molar-refractivity contribution >= 4 is 5.91 Å². The minimum atomic E-state index is -0.421. The van der Waals surface area contributed by atoms with Gasteiger partial charge in [0.05, 0.1) is 6.04 Å². The van der Waals surface area contributed by atoms with Crippen LogP contribution in [0.5, 0.6) is 0 Å². The number of hydrogen-bond donors (Lipinski definition) is 2. The van der Waals surface area contributed by atoms with Crippen LogP contribution in [0.25, 0.3) is 0 Å². The zero-order valence-corrected chi connectivity index (χ0v) is 12.5. The van der Waals surface area contributed by atoms with Gasteiger partial charge in [-0.2, -0.15) is 0 Å². The van der Waals surface area contributed by atoms with Gasteiger partial charge in [0, 0.05) is 6.04 Å². The zero-order valence-electron chi connectivity index (χ0n) is 12.5. The number of carbonyl (C=O) groups is 1. The summed E-state index contributed by atoms with van der Waals surface area (Å²) in [6, 6.07) is -0.110. The number of nitrogens with two attached hydrogens (primary N) is 1. The predicted octanol–water partition coefficient (Wildman–Crippen LogP) is 2.83. The molecule has 1 aliphatic carbocycles. The van der Waals surface area contributed by atoms with Crippen LogP contribution in [0.3, 0.4) is 0 Å². The van der Waals surface area contributed by atoms with Crippen LogP contribution < -0.4 is 11.1 Å². The molecule has 1 unspecified atom stereocenters. The standard InChI is InChI=1S/C15H30N2O/c1-5-12(11-9-7-6-8-10-11)17-14(18)13(16)15(2,3)4/h11-13H,5-10,16H2,1-4H3,(H,17,18)/t12?,13-/m0/s1. The van der Waals surface area contributed by atoms with Gasteiger partial charge >= 0.3 is 0 Å². The molecule has 3 N–H and O–H groups in total. The molecule has 0 radical (unpaired) electrons. The van der Waals surface area contributed by atoms with E-state index >= 15 is 0 Å². The lowest BCUT2D eigenvalue weighted by atomic mass is 9.82. The molecular formula is C15H30N2O. The quantitative estimate of drug-likeness (QED) is 0.810. The largest absolute Gasteiger partial charge is 0.352 e. The molecule has 0 spiro atoms. The van der Waals surface area contributed by atoms with Gasteiger partial charge in [-0.15, -0.1) is 0 Å². The molecule has 0 heterocycles. The van der Waals surface area contributed by atoms with Crippen LogP contribution in [0.2, 0.25) is 0 Å². The lowest BCUT2D eigenvalue weighted by Gasteiger charge is -2.33. The smallest absolute Gasteiger partial charge is 0.237 e. The Bertz CT molecular complexity index is 264. The van der Waals surface area contributed by atoms with Gasteiger partial charge in [-0.3, -0.25) is 4.79 Å². The van der Waals surface area contributed by atoms with Crippen molar-refractivity contribution in [3.8, 4) is 0 Å². The van der Waals surface area contributed by atoms with Crippen LogP contribution in [0.1, 0.15) is 66.2 Å². The van der Waals surface area contributed by atoms with E-state index in [1.54, 1.807) is 0 Å². The van der Waals surface area contributed by atoms with Crippen molar-refractivity contribution < 1.29 is 4.79 Å². The van der Waals surface area contributed by atoms with E-state index < -0.39 is 6.04 Å². The number of rotatable bonds is 4. The molecule has 1 saturated carbocycles. The van der Waals surface area contributed by atoms with Gasteiger partial charge in [-0.25, -0.2) is 0 Å². The first-order valence-corrected chi connectivity index (χ1v) is 7.42. The average Bonchev–Trinajstić information content (AvgIpc) is 2.34. The third-order valence-corrected chi connectivity index (χ3v) is 4.20. The normalized spacial score (nSPS) is 21.4. The van der Waals surface area contributed by atoms with Gasteiger partial charge in [0.25, 0.3) is 0 Å². The summed E-state index contributed by atoms with van der Waals surface area (Å²) < 4.78 is 0. The van der Waals surface area contributed by atoms with Crippen molar-refractivity contribution in [2.45, 2.75) is 78.3 Å². The molecule has 0 aromatic heterocycles. The van der Waals surface area contributed by atoms with Gasteiger partial charge in [-0.05, 0) is 30.6 Å². The third kappa shape index (κ3) is 4.27. The molecule has 2 atom stereocenters. The van der Waals surface area contributed by atoms with Crippen molar-refractivity contribution in [2.24, 2.45) is 17.1 Å². The van der Waals surface area contributed by atoms with Crippen molar-refractivity contribution in [2.75, 3.05) is 0 Å². The molecule has 3 nitrogen and oxygen atoms in total. The molecule has 1 rings (SSSR count). The Morgan fingerprint density at radius 2 is 1.83 bits per heavy atom. The van der Waals surface area contributed by atoms with E-state index in [0.29, 0.717) is 12.0 Å². The summed E-state index contributed by atoms with van der Waals surface area (Å²) in [4.78, 5) is 12.2. The maximum atomic E-state index is 12.2. The van der Waals surface area contributed by atoms with Gasteiger partial charge < -0.3 is 11.1 Å². The van der Waals surface area contributed by atoms with Gasteiger partial charge in [-0.1, -0.05) is 47.0 Å². The Morgan fingerprint density at radius 3 is 2.28 bits per heavy atom. The molecule has 106 valence electrons. The van der Waals surface area contributed by atoms with E-state index in [9.17, 15) is 4.79 Å². The summed E-state index contributed by atoms with van der Waals surface area (Å²) in [7, 11) is 0. The SMILES string of the molecule is CCC(NC(=O)[C@H](N)C(C)(C)C)C1CCCCC1. The summed E-state index contributed by atoms with van der Waals surface area (Å²) >= 11 is 0. The first-order valence-electron chi connectivity index (χ1n) is 7.42. The third-order valence-electron chi connectivity index (χ3n) is 4.20. The number of carbonyl (C=O) groups excluding carboxylic acids is 1. The van der Waals surface area contributed by atoms with E-state index in [-0.39, 0.29) is 11.3 Å². The molecule has 0 saturated heterocycles. The molecular weight excluding hydrogens is 224 g/mol. The highest BCUT2D eigenvalue weighted by molar-refractivity contribution is 5.82. The molecule has 0 aromatic rings. The molecule has 1 amide bonds. The summed E-state index contributed by atoms with van der Waals surface area (Å²) in [5, 5.41) is 3.18. The molecule has 0 aliphatic heterocycles. The monoisotopic (exact) mass is 254 g/mol. The van der Waals surface area contributed by atoms with Crippen LogP contribution in [-0.2, 0) is 4.79 Å². The fourth-order valence-corrected chi connectivity index (χ4v) is 2.76. The first-order chi connectivity index (χ1) is 8.36. The van der Waals surface area contributed by atoms with E-state index in [2.05, 4.69) is 12.2 Å². The topological polar surface area (TPSA) is 55.1 Å². The second-order valence-corrected chi connectivity index (χ2v) is 6.77. The molecule has 1 fully saturated rings. The van der Waals surface area contributed by atoms with Crippen molar-refractivity contribution in [3.05, 3.63) is 0 Å². The lowest BCUT2D eigenvalue weighted by molar-refractivity contribution is -0.125. The van der Waals surface area contributed by atoms with Crippen LogP contribution in [-0.4, -0.2) is 18.0 Å². The van der Waals surface area contributed by atoms with E-state index in [0.717, 1.165) is 6.42 Å². The fraction of sp³-hybridized carbons (Fsp3) is 0.933. The minimum Gasteiger partial charge on any atom is -0.352 e. The summed E-state index contributed by atoms with van der Waals surface area (Å²) in [5.74, 6) is 0.666. The maximum absolute atomic E-state index is 12.2. The fourth-order valence-electron chi connectivity index (χ4n) is 2.76.